The fraction of sp³-hybridized carbons (Fsp3) is 0.192. The maximum Gasteiger partial charge on any atom is 0.410 e. The molecular formula is C26H27N7O6S. The van der Waals surface area contributed by atoms with Crippen molar-refractivity contribution < 1.29 is 27.9 Å². The number of anilines is 3. The van der Waals surface area contributed by atoms with Crippen LogP contribution in [0.1, 0.15) is 26.5 Å². The van der Waals surface area contributed by atoms with Crippen molar-refractivity contribution in [3.8, 4) is 17.3 Å². The van der Waals surface area contributed by atoms with Gasteiger partial charge in [0, 0.05) is 29.5 Å². The summed E-state index contributed by atoms with van der Waals surface area (Å²) < 4.78 is 30.8. The molecule has 0 radical (unpaired) electrons. The van der Waals surface area contributed by atoms with Gasteiger partial charge in [-0.15, -0.1) is 0 Å². The molecule has 0 saturated carbocycles. The lowest BCUT2D eigenvalue weighted by Gasteiger charge is -2.14. The number of nitrogens with zero attached hydrogens (tertiary/aromatic N) is 4. The monoisotopic (exact) mass is 565 g/mol. The van der Waals surface area contributed by atoms with Crippen molar-refractivity contribution in [3.05, 3.63) is 72.7 Å². The predicted octanol–water partition coefficient (Wildman–Crippen LogP) is 4.89. The molecule has 0 aliphatic rings. The summed E-state index contributed by atoms with van der Waals surface area (Å²) >= 11 is 0. The van der Waals surface area contributed by atoms with Crippen LogP contribution in [0.15, 0.2) is 71.9 Å². The van der Waals surface area contributed by atoms with E-state index in [9.17, 15) is 18.0 Å². The van der Waals surface area contributed by atoms with Crippen molar-refractivity contribution in [2.24, 2.45) is 0 Å². The third-order valence-corrected chi connectivity index (χ3v) is 6.57. The van der Waals surface area contributed by atoms with E-state index in [1.165, 1.54) is 18.2 Å². The summed E-state index contributed by atoms with van der Waals surface area (Å²) in [4.78, 5) is 31.6. The van der Waals surface area contributed by atoms with E-state index in [2.05, 4.69) is 31.0 Å². The van der Waals surface area contributed by atoms with Crippen molar-refractivity contribution in [1.29, 1.82) is 0 Å². The lowest BCUT2D eigenvalue weighted by Crippen LogP contribution is -2.21. The van der Waals surface area contributed by atoms with E-state index in [-0.39, 0.29) is 22.0 Å². The second-order valence-corrected chi connectivity index (χ2v) is 11.7. The van der Waals surface area contributed by atoms with Crippen LogP contribution in [0.4, 0.5) is 26.9 Å². The smallest absolute Gasteiger partial charge is 0.410 e. The second kappa shape index (κ2) is 11.0. The Morgan fingerprint density at radius 2 is 1.60 bits per heavy atom. The quantitative estimate of drug-likeness (QED) is 0.243. The summed E-state index contributed by atoms with van der Waals surface area (Å²) in [6, 6.07) is 15.2. The number of sulfone groups is 1. The second-order valence-electron chi connectivity index (χ2n) is 9.72. The number of carbonyl (C=O) groups excluding carboxylic acids is 1. The van der Waals surface area contributed by atoms with Crippen LogP contribution in [0.2, 0.25) is 0 Å². The van der Waals surface area contributed by atoms with Crippen LogP contribution in [-0.4, -0.2) is 51.7 Å². The van der Waals surface area contributed by atoms with Crippen LogP contribution in [0.5, 0.6) is 11.6 Å². The van der Waals surface area contributed by atoms with Gasteiger partial charge in [-0.2, -0.15) is 5.10 Å². The van der Waals surface area contributed by atoms with Gasteiger partial charge in [0.15, 0.2) is 9.84 Å². The molecule has 0 aliphatic carbocycles. The third-order valence-electron chi connectivity index (χ3n) is 5.44. The first-order chi connectivity index (χ1) is 18.8. The SMILES string of the molecule is CC(C)(C)c1cc(NC(=O)Nc2ccc(Oc3cc(NC(=O)O)ncn3)cc2)n(-c2ccc(S(C)(=O)=O)cc2)n1. The van der Waals surface area contributed by atoms with Crippen LogP contribution in [0.25, 0.3) is 5.69 Å². The molecule has 0 unspecified atom stereocenters. The van der Waals surface area contributed by atoms with Crippen molar-refractivity contribution >= 4 is 39.3 Å². The topological polar surface area (TPSA) is 177 Å². The van der Waals surface area contributed by atoms with E-state index in [0.717, 1.165) is 18.3 Å². The molecule has 14 heteroatoms. The third kappa shape index (κ3) is 7.11. The van der Waals surface area contributed by atoms with Gasteiger partial charge in [0.2, 0.25) is 5.88 Å². The van der Waals surface area contributed by atoms with E-state index < -0.39 is 22.0 Å². The molecule has 0 saturated heterocycles. The lowest BCUT2D eigenvalue weighted by atomic mass is 9.92. The van der Waals surface area contributed by atoms with E-state index in [1.807, 2.05) is 20.8 Å². The molecule has 2 heterocycles. The zero-order valence-corrected chi connectivity index (χ0v) is 22.9. The van der Waals surface area contributed by atoms with Crippen LogP contribution in [-0.2, 0) is 15.3 Å². The highest BCUT2D eigenvalue weighted by Crippen LogP contribution is 2.27. The fourth-order valence-electron chi connectivity index (χ4n) is 3.45. The van der Waals surface area contributed by atoms with Crippen molar-refractivity contribution in [2.75, 3.05) is 22.2 Å². The number of urea groups is 1. The molecule has 0 spiro atoms. The maximum atomic E-state index is 12.9. The first-order valence-corrected chi connectivity index (χ1v) is 13.8. The predicted molar refractivity (Wildman–Crippen MR) is 148 cm³/mol. The molecule has 0 bridgehead atoms. The first-order valence-electron chi connectivity index (χ1n) is 11.9. The highest BCUT2D eigenvalue weighted by Gasteiger charge is 2.22. The molecular weight excluding hydrogens is 538 g/mol. The molecule has 4 aromatic rings. The molecule has 0 fully saturated rings. The van der Waals surface area contributed by atoms with Crippen LogP contribution in [0.3, 0.4) is 0 Å². The Balaban J connectivity index is 1.48. The molecule has 208 valence electrons. The van der Waals surface area contributed by atoms with Crippen molar-refractivity contribution in [2.45, 2.75) is 31.1 Å². The molecule has 4 N–H and O–H groups in total. The number of benzene rings is 2. The van der Waals surface area contributed by atoms with Gasteiger partial charge < -0.3 is 15.2 Å². The van der Waals surface area contributed by atoms with E-state index in [1.54, 1.807) is 47.1 Å². The highest BCUT2D eigenvalue weighted by atomic mass is 32.2. The van der Waals surface area contributed by atoms with Gasteiger partial charge in [0.25, 0.3) is 0 Å². The largest absolute Gasteiger partial charge is 0.465 e. The Bertz CT molecular complexity index is 1640. The zero-order chi connectivity index (χ0) is 29.1. The number of carboxylic acid groups (broad SMARTS) is 1. The Kier molecular flexibility index (Phi) is 7.72. The number of hydrogen-bond donors (Lipinski definition) is 4. The number of amides is 3. The van der Waals surface area contributed by atoms with Crippen molar-refractivity contribution in [3.63, 3.8) is 0 Å². The number of carbonyl (C=O) groups is 2. The standard InChI is InChI=1S/C26H27N7O6S/c1-26(2,3)20-13-22(33(32-20)17-7-11-19(12-8-17)40(4,37)38)31-24(34)29-16-5-9-18(10-6-16)39-23-14-21(27-15-28-23)30-25(35)36/h5-15H,1-4H3,(H,35,36)(H,27,28,30)(H2,29,31,34). The van der Waals surface area contributed by atoms with Crippen LogP contribution in [0, 0.1) is 0 Å². The molecule has 2 aromatic carbocycles. The zero-order valence-electron chi connectivity index (χ0n) is 22.0. The van der Waals surface area contributed by atoms with Crippen LogP contribution >= 0.6 is 0 Å². The Labute approximate surface area is 230 Å². The molecule has 40 heavy (non-hydrogen) atoms. The normalized spacial score (nSPS) is 11.5. The summed E-state index contributed by atoms with van der Waals surface area (Å²) in [5, 5.41) is 21.1. The summed E-state index contributed by atoms with van der Waals surface area (Å²) in [5.41, 5.74) is 1.46. The van der Waals surface area contributed by atoms with Gasteiger partial charge in [-0.25, -0.2) is 32.7 Å². The molecule has 4 rings (SSSR count). The molecule has 0 aliphatic heterocycles. The molecule has 0 atom stereocenters. The lowest BCUT2D eigenvalue weighted by molar-refractivity contribution is 0.209. The van der Waals surface area contributed by atoms with Gasteiger partial charge in [-0.3, -0.25) is 10.6 Å². The Hall–Kier alpha value is -4.98. The number of aromatic nitrogens is 4. The number of hydrogen-bond acceptors (Lipinski definition) is 8. The summed E-state index contributed by atoms with van der Waals surface area (Å²) in [7, 11) is -3.36. The minimum absolute atomic E-state index is 0.0626. The highest BCUT2D eigenvalue weighted by molar-refractivity contribution is 7.90. The maximum absolute atomic E-state index is 12.9. The van der Waals surface area contributed by atoms with Gasteiger partial charge >= 0.3 is 12.1 Å². The minimum atomic E-state index is -3.36. The summed E-state index contributed by atoms with van der Waals surface area (Å²) in [6.07, 6.45) is 1.03. The Morgan fingerprint density at radius 3 is 2.20 bits per heavy atom. The average molecular weight is 566 g/mol. The van der Waals surface area contributed by atoms with Gasteiger partial charge in [0.05, 0.1) is 16.3 Å². The average Bonchev–Trinajstić information content (AvgIpc) is 3.29. The molecule has 2 aromatic heterocycles. The first kappa shape index (κ1) is 28.0. The number of nitrogens with one attached hydrogen (secondary N) is 3. The van der Waals surface area contributed by atoms with E-state index >= 15 is 0 Å². The number of ether oxygens (including phenoxy) is 1. The fourth-order valence-corrected chi connectivity index (χ4v) is 4.08. The Morgan fingerprint density at radius 1 is 0.925 bits per heavy atom. The number of rotatable bonds is 7. The minimum Gasteiger partial charge on any atom is -0.465 e. The molecule has 3 amide bonds. The van der Waals surface area contributed by atoms with E-state index in [4.69, 9.17) is 9.84 Å². The van der Waals surface area contributed by atoms with Crippen molar-refractivity contribution in [1.82, 2.24) is 19.7 Å². The van der Waals surface area contributed by atoms with Gasteiger partial charge in [-0.1, -0.05) is 20.8 Å². The van der Waals surface area contributed by atoms with Gasteiger partial charge in [-0.05, 0) is 48.5 Å². The molecule has 13 nitrogen and oxygen atoms in total. The van der Waals surface area contributed by atoms with Gasteiger partial charge in [0.1, 0.15) is 23.7 Å². The summed E-state index contributed by atoms with van der Waals surface area (Å²) in [6.45, 7) is 5.97. The van der Waals surface area contributed by atoms with Crippen LogP contribution < -0.4 is 20.7 Å². The summed E-state index contributed by atoms with van der Waals surface area (Å²) in [5.74, 6) is 0.984. The van der Waals surface area contributed by atoms with E-state index in [0.29, 0.717) is 22.9 Å².